The van der Waals surface area contributed by atoms with Crippen molar-refractivity contribution in [2.45, 2.75) is 13.0 Å². The molecule has 92 valence electrons. The Morgan fingerprint density at radius 3 is 2.94 bits per heavy atom. The number of nitrogens with one attached hydrogen (secondary N) is 1. The summed E-state index contributed by atoms with van der Waals surface area (Å²) in [6, 6.07) is -0.611. The molecule has 1 rings (SSSR count). The second kappa shape index (κ2) is 5.94. The van der Waals surface area contributed by atoms with Gasteiger partial charge in [0.25, 0.3) is 5.91 Å². The highest BCUT2D eigenvalue weighted by Crippen LogP contribution is 2.12. The minimum atomic E-state index is -0.611. The van der Waals surface area contributed by atoms with Gasteiger partial charge in [-0.1, -0.05) is 5.16 Å². The van der Waals surface area contributed by atoms with Gasteiger partial charge in [-0.3, -0.25) is 4.79 Å². The highest BCUT2D eigenvalue weighted by Gasteiger charge is 2.19. The smallest absolute Gasteiger partial charge is 0.276 e. The number of hydrogen-bond acceptors (Lipinski definition) is 7. The highest BCUT2D eigenvalue weighted by atomic mass is 32.1. The van der Waals surface area contributed by atoms with E-state index in [1.54, 1.807) is 12.3 Å². The lowest BCUT2D eigenvalue weighted by Gasteiger charge is -2.07. The SMILES string of the molecule is CON=C(C(=O)N[C@H](C)C=O)c1csc(N)n1. The third kappa shape index (κ3) is 3.52. The second-order valence-corrected chi connectivity index (χ2v) is 3.98. The molecular formula is C9H12N4O3S. The number of amides is 1. The van der Waals surface area contributed by atoms with Gasteiger partial charge in [-0.25, -0.2) is 4.98 Å². The number of nitrogens with zero attached hydrogens (tertiary/aromatic N) is 2. The molecule has 1 heterocycles. The van der Waals surface area contributed by atoms with Crippen LogP contribution in [-0.2, 0) is 14.4 Å². The Morgan fingerprint density at radius 1 is 1.76 bits per heavy atom. The van der Waals surface area contributed by atoms with E-state index < -0.39 is 11.9 Å². The van der Waals surface area contributed by atoms with Crippen molar-refractivity contribution in [3.63, 3.8) is 0 Å². The zero-order valence-electron chi connectivity index (χ0n) is 9.34. The van der Waals surface area contributed by atoms with E-state index in [4.69, 9.17) is 5.73 Å². The van der Waals surface area contributed by atoms with E-state index in [2.05, 4.69) is 20.3 Å². The van der Waals surface area contributed by atoms with E-state index in [9.17, 15) is 9.59 Å². The van der Waals surface area contributed by atoms with Crippen LogP contribution in [0.1, 0.15) is 12.6 Å². The number of anilines is 1. The van der Waals surface area contributed by atoms with Crippen LogP contribution in [0.3, 0.4) is 0 Å². The minimum absolute atomic E-state index is 0.0193. The zero-order valence-corrected chi connectivity index (χ0v) is 10.2. The summed E-state index contributed by atoms with van der Waals surface area (Å²) in [5.74, 6) is -0.545. The van der Waals surface area contributed by atoms with Gasteiger partial charge in [0.05, 0.1) is 6.04 Å². The van der Waals surface area contributed by atoms with Crippen LogP contribution in [0, 0.1) is 0 Å². The van der Waals surface area contributed by atoms with Crippen molar-refractivity contribution in [2.24, 2.45) is 5.16 Å². The van der Waals surface area contributed by atoms with E-state index in [1.807, 2.05) is 0 Å². The molecule has 0 aromatic carbocycles. The molecule has 0 fully saturated rings. The molecule has 0 saturated carbocycles. The molecule has 1 aromatic rings. The van der Waals surface area contributed by atoms with Crippen molar-refractivity contribution in [1.82, 2.24) is 10.3 Å². The largest absolute Gasteiger partial charge is 0.398 e. The van der Waals surface area contributed by atoms with Gasteiger partial charge >= 0.3 is 0 Å². The molecular weight excluding hydrogens is 244 g/mol. The Bertz CT molecular complexity index is 443. The van der Waals surface area contributed by atoms with Gasteiger partial charge in [0.15, 0.2) is 10.8 Å². The number of oxime groups is 1. The summed E-state index contributed by atoms with van der Waals surface area (Å²) in [6.45, 7) is 1.55. The molecule has 0 saturated heterocycles. The molecule has 17 heavy (non-hydrogen) atoms. The predicted octanol–water partition coefficient (Wildman–Crippen LogP) is -0.221. The first-order chi connectivity index (χ1) is 8.08. The molecule has 7 nitrogen and oxygen atoms in total. The second-order valence-electron chi connectivity index (χ2n) is 3.09. The van der Waals surface area contributed by atoms with Crippen LogP contribution in [0.4, 0.5) is 5.13 Å². The van der Waals surface area contributed by atoms with Gasteiger partial charge in [-0.2, -0.15) is 0 Å². The summed E-state index contributed by atoms with van der Waals surface area (Å²) < 4.78 is 0. The standard InChI is InChI=1S/C9H12N4O3S/c1-5(3-14)11-8(15)7(13-16-2)6-4-17-9(10)12-6/h3-5H,1-2H3,(H2,10,12)(H,11,15)/t5-/m1/s1. The number of thiazole rings is 1. The molecule has 0 spiro atoms. The summed E-state index contributed by atoms with van der Waals surface area (Å²) in [5, 5.41) is 7.90. The number of nitrogen functional groups attached to an aromatic ring is 1. The van der Waals surface area contributed by atoms with Crippen LogP contribution >= 0.6 is 11.3 Å². The molecule has 0 aliphatic heterocycles. The van der Waals surface area contributed by atoms with E-state index in [1.165, 1.54) is 18.4 Å². The van der Waals surface area contributed by atoms with E-state index in [0.717, 1.165) is 0 Å². The number of nitrogens with two attached hydrogens (primary N) is 1. The maximum atomic E-state index is 11.8. The van der Waals surface area contributed by atoms with Crippen LogP contribution < -0.4 is 11.1 Å². The van der Waals surface area contributed by atoms with E-state index in [0.29, 0.717) is 17.1 Å². The van der Waals surface area contributed by atoms with Gasteiger partial charge in [-0.15, -0.1) is 11.3 Å². The normalized spacial score (nSPS) is 12.9. The molecule has 0 aliphatic rings. The lowest BCUT2D eigenvalue weighted by Crippen LogP contribution is -2.39. The minimum Gasteiger partial charge on any atom is -0.398 e. The average molecular weight is 256 g/mol. The fraction of sp³-hybridized carbons (Fsp3) is 0.333. The lowest BCUT2D eigenvalue weighted by atomic mass is 10.2. The Balaban J connectivity index is 2.91. The van der Waals surface area contributed by atoms with Crippen LogP contribution in [0.2, 0.25) is 0 Å². The third-order valence-electron chi connectivity index (χ3n) is 1.73. The van der Waals surface area contributed by atoms with Crippen molar-refractivity contribution in [3.8, 4) is 0 Å². The van der Waals surface area contributed by atoms with Crippen molar-refractivity contribution in [3.05, 3.63) is 11.1 Å². The summed E-state index contributed by atoms with van der Waals surface area (Å²) in [7, 11) is 1.31. The average Bonchev–Trinajstić information content (AvgIpc) is 2.72. The Kier molecular flexibility index (Phi) is 4.58. The maximum Gasteiger partial charge on any atom is 0.276 e. The van der Waals surface area contributed by atoms with Crippen molar-refractivity contribution in [1.29, 1.82) is 0 Å². The Morgan fingerprint density at radius 2 is 2.47 bits per heavy atom. The van der Waals surface area contributed by atoms with Crippen molar-refractivity contribution < 1.29 is 14.4 Å². The summed E-state index contributed by atoms with van der Waals surface area (Å²) >= 11 is 1.18. The number of carbonyl (C=O) groups excluding carboxylic acids is 2. The molecule has 0 aliphatic carbocycles. The molecule has 0 bridgehead atoms. The molecule has 0 radical (unpaired) electrons. The molecule has 8 heteroatoms. The van der Waals surface area contributed by atoms with E-state index in [-0.39, 0.29) is 5.71 Å². The van der Waals surface area contributed by atoms with Gasteiger partial charge in [0.2, 0.25) is 0 Å². The molecule has 1 atom stereocenters. The highest BCUT2D eigenvalue weighted by molar-refractivity contribution is 7.13. The summed E-state index contributed by atoms with van der Waals surface area (Å²) in [6.07, 6.45) is 0.609. The fourth-order valence-corrected chi connectivity index (χ4v) is 1.55. The van der Waals surface area contributed by atoms with Crippen LogP contribution in [0.5, 0.6) is 0 Å². The quantitative estimate of drug-likeness (QED) is 0.430. The molecule has 0 unspecified atom stereocenters. The zero-order chi connectivity index (χ0) is 12.8. The fourth-order valence-electron chi connectivity index (χ4n) is 1.00. The summed E-state index contributed by atoms with van der Waals surface area (Å²) in [5.41, 5.74) is 5.75. The first kappa shape index (κ1) is 13.1. The van der Waals surface area contributed by atoms with Gasteiger partial charge in [0, 0.05) is 5.38 Å². The van der Waals surface area contributed by atoms with Gasteiger partial charge in [0.1, 0.15) is 19.1 Å². The molecule has 1 amide bonds. The van der Waals surface area contributed by atoms with Crippen molar-refractivity contribution in [2.75, 3.05) is 12.8 Å². The number of carbonyl (C=O) groups is 2. The Labute approximate surface area is 102 Å². The molecule has 1 aromatic heterocycles. The van der Waals surface area contributed by atoms with Crippen LogP contribution in [0.25, 0.3) is 0 Å². The van der Waals surface area contributed by atoms with Crippen LogP contribution in [0.15, 0.2) is 10.5 Å². The topological polar surface area (TPSA) is 107 Å². The first-order valence-corrected chi connectivity index (χ1v) is 5.55. The van der Waals surface area contributed by atoms with E-state index >= 15 is 0 Å². The third-order valence-corrected chi connectivity index (χ3v) is 2.40. The number of hydrogen-bond donors (Lipinski definition) is 2. The number of rotatable bonds is 5. The Hall–Kier alpha value is -1.96. The monoisotopic (exact) mass is 256 g/mol. The maximum absolute atomic E-state index is 11.8. The predicted molar refractivity (Wildman–Crippen MR) is 63.7 cm³/mol. The van der Waals surface area contributed by atoms with Gasteiger partial charge < -0.3 is 20.7 Å². The first-order valence-electron chi connectivity index (χ1n) is 4.67. The number of aromatic nitrogens is 1. The number of aldehydes is 1. The molecule has 3 N–H and O–H groups in total. The van der Waals surface area contributed by atoms with Crippen LogP contribution in [-0.4, -0.2) is 36.0 Å². The van der Waals surface area contributed by atoms with Gasteiger partial charge in [-0.05, 0) is 6.92 Å². The van der Waals surface area contributed by atoms with Crippen molar-refractivity contribution >= 4 is 34.4 Å². The summed E-state index contributed by atoms with van der Waals surface area (Å²) in [4.78, 5) is 30.7. The lowest BCUT2D eigenvalue weighted by molar-refractivity contribution is -0.118.